The average molecular weight is 222 g/mol. The molecule has 0 N–H and O–H groups in total. The van der Waals surface area contributed by atoms with Crippen LogP contribution in [0.25, 0.3) is 0 Å². The summed E-state index contributed by atoms with van der Waals surface area (Å²) in [5.41, 5.74) is -0.586. The van der Waals surface area contributed by atoms with Crippen LogP contribution in [0.5, 0.6) is 0 Å². The molecule has 2 nitrogen and oxygen atoms in total. The van der Waals surface area contributed by atoms with E-state index in [9.17, 15) is 13.6 Å². The Morgan fingerprint density at radius 1 is 1.12 bits per heavy atom. The van der Waals surface area contributed by atoms with Gasteiger partial charge in [0, 0.05) is 0 Å². The van der Waals surface area contributed by atoms with Crippen LogP contribution in [0.1, 0.15) is 21.9 Å². The van der Waals surface area contributed by atoms with Crippen LogP contribution in [0.2, 0.25) is 0 Å². The number of ketones is 1. The van der Waals surface area contributed by atoms with Crippen LogP contribution in [-0.4, -0.2) is 5.78 Å². The van der Waals surface area contributed by atoms with E-state index >= 15 is 0 Å². The summed E-state index contributed by atoms with van der Waals surface area (Å²) in [7, 11) is 0. The molecule has 0 radical (unpaired) electrons. The molecule has 0 amide bonds. The maximum Gasteiger partial charge on any atom is 0.234 e. The molecule has 1 heterocycles. The summed E-state index contributed by atoms with van der Waals surface area (Å²) in [6, 6.07) is 6.22. The Labute approximate surface area is 90.5 Å². The fraction of sp³-hybridized carbons (Fsp3) is 0.0833. The van der Waals surface area contributed by atoms with Gasteiger partial charge in [-0.05, 0) is 31.2 Å². The van der Waals surface area contributed by atoms with Crippen LogP contribution in [-0.2, 0) is 0 Å². The third-order valence-corrected chi connectivity index (χ3v) is 2.15. The topological polar surface area (TPSA) is 30.2 Å². The summed E-state index contributed by atoms with van der Waals surface area (Å²) in [6.45, 7) is 1.65. The molecule has 2 aromatic rings. The zero-order valence-corrected chi connectivity index (χ0v) is 8.46. The largest absolute Gasteiger partial charge is 0.458 e. The molecule has 0 fully saturated rings. The minimum atomic E-state index is -0.890. The first-order chi connectivity index (χ1) is 7.59. The average Bonchev–Trinajstić information content (AvgIpc) is 2.64. The van der Waals surface area contributed by atoms with Gasteiger partial charge >= 0.3 is 0 Å². The molecule has 0 atom stereocenters. The third-order valence-electron chi connectivity index (χ3n) is 2.15. The SMILES string of the molecule is Cc1ccc(C(=O)c2c(F)cccc2F)o1. The molecular formula is C12H8F2O2. The van der Waals surface area contributed by atoms with Crippen LogP contribution >= 0.6 is 0 Å². The number of furan rings is 1. The first kappa shape index (κ1) is 10.5. The predicted octanol–water partition coefficient (Wildman–Crippen LogP) is 3.10. The van der Waals surface area contributed by atoms with Gasteiger partial charge in [-0.2, -0.15) is 0 Å². The summed E-state index contributed by atoms with van der Waals surface area (Å²) in [5.74, 6) is -2.12. The van der Waals surface area contributed by atoms with E-state index < -0.39 is 23.0 Å². The molecule has 16 heavy (non-hydrogen) atoms. The Morgan fingerprint density at radius 2 is 1.75 bits per heavy atom. The number of hydrogen-bond donors (Lipinski definition) is 0. The van der Waals surface area contributed by atoms with Crippen LogP contribution in [0, 0.1) is 18.6 Å². The summed E-state index contributed by atoms with van der Waals surface area (Å²) in [5, 5.41) is 0. The lowest BCUT2D eigenvalue weighted by Crippen LogP contribution is -2.06. The molecule has 1 aromatic carbocycles. The van der Waals surface area contributed by atoms with Crippen molar-refractivity contribution >= 4 is 5.78 Å². The summed E-state index contributed by atoms with van der Waals surface area (Å²) in [4.78, 5) is 11.7. The first-order valence-corrected chi connectivity index (χ1v) is 4.65. The zero-order chi connectivity index (χ0) is 11.7. The van der Waals surface area contributed by atoms with Gasteiger partial charge in [0.2, 0.25) is 5.78 Å². The molecule has 0 saturated carbocycles. The normalized spacial score (nSPS) is 10.4. The summed E-state index contributed by atoms with van der Waals surface area (Å²) in [6.07, 6.45) is 0. The smallest absolute Gasteiger partial charge is 0.234 e. The van der Waals surface area contributed by atoms with Gasteiger partial charge in [-0.15, -0.1) is 0 Å². The molecule has 0 spiro atoms. The number of carbonyl (C=O) groups is 1. The fourth-order valence-electron chi connectivity index (χ4n) is 1.39. The van der Waals surface area contributed by atoms with E-state index in [1.54, 1.807) is 13.0 Å². The second-order valence-corrected chi connectivity index (χ2v) is 3.34. The lowest BCUT2D eigenvalue weighted by molar-refractivity contribution is 0.1000. The van der Waals surface area contributed by atoms with Crippen molar-refractivity contribution in [2.24, 2.45) is 0 Å². The Kier molecular flexibility index (Phi) is 2.56. The predicted molar refractivity (Wildman–Crippen MR) is 53.2 cm³/mol. The third kappa shape index (κ3) is 1.74. The molecule has 0 saturated heterocycles. The Balaban J connectivity index is 2.49. The van der Waals surface area contributed by atoms with Gasteiger partial charge in [0.05, 0.1) is 5.56 Å². The molecule has 0 bridgehead atoms. The lowest BCUT2D eigenvalue weighted by Gasteiger charge is -2.01. The molecule has 0 aliphatic rings. The first-order valence-electron chi connectivity index (χ1n) is 4.65. The highest BCUT2D eigenvalue weighted by molar-refractivity contribution is 6.07. The van der Waals surface area contributed by atoms with Gasteiger partial charge in [-0.3, -0.25) is 4.79 Å². The standard InChI is InChI=1S/C12H8F2O2/c1-7-5-6-10(16-7)12(15)11-8(13)3-2-4-9(11)14/h2-6H,1H3. The molecule has 2 rings (SSSR count). The van der Waals surface area contributed by atoms with Crippen LogP contribution < -0.4 is 0 Å². The number of halogens is 2. The van der Waals surface area contributed by atoms with Crippen molar-refractivity contribution < 1.29 is 18.0 Å². The van der Waals surface area contributed by atoms with Crippen molar-refractivity contribution in [1.29, 1.82) is 0 Å². The molecule has 1 aromatic heterocycles. The molecular weight excluding hydrogens is 214 g/mol. The van der Waals surface area contributed by atoms with Gasteiger partial charge in [-0.1, -0.05) is 6.07 Å². The van der Waals surface area contributed by atoms with E-state index in [4.69, 9.17) is 4.42 Å². The Hall–Kier alpha value is -1.97. The highest BCUT2D eigenvalue weighted by Crippen LogP contribution is 2.18. The number of benzene rings is 1. The maximum absolute atomic E-state index is 13.3. The molecule has 0 unspecified atom stereocenters. The van der Waals surface area contributed by atoms with Gasteiger partial charge in [-0.25, -0.2) is 8.78 Å². The summed E-state index contributed by atoms with van der Waals surface area (Å²) < 4.78 is 31.6. The van der Waals surface area contributed by atoms with E-state index in [1.807, 2.05) is 0 Å². The molecule has 0 aliphatic carbocycles. The number of hydrogen-bond acceptors (Lipinski definition) is 2. The molecule has 82 valence electrons. The van der Waals surface area contributed by atoms with Crippen molar-refractivity contribution in [1.82, 2.24) is 0 Å². The second kappa shape index (κ2) is 3.89. The van der Waals surface area contributed by atoms with E-state index in [1.165, 1.54) is 12.1 Å². The van der Waals surface area contributed by atoms with Crippen molar-refractivity contribution in [3.63, 3.8) is 0 Å². The number of carbonyl (C=O) groups excluding carboxylic acids is 1. The van der Waals surface area contributed by atoms with Gasteiger partial charge < -0.3 is 4.42 Å². The van der Waals surface area contributed by atoms with Crippen molar-refractivity contribution in [3.8, 4) is 0 Å². The van der Waals surface area contributed by atoms with E-state index in [-0.39, 0.29) is 5.76 Å². The lowest BCUT2D eigenvalue weighted by atomic mass is 10.1. The van der Waals surface area contributed by atoms with Crippen LogP contribution in [0.3, 0.4) is 0 Å². The maximum atomic E-state index is 13.3. The highest BCUT2D eigenvalue weighted by Gasteiger charge is 2.20. The fourth-order valence-corrected chi connectivity index (χ4v) is 1.39. The summed E-state index contributed by atoms with van der Waals surface area (Å²) >= 11 is 0. The quantitative estimate of drug-likeness (QED) is 0.731. The highest BCUT2D eigenvalue weighted by atomic mass is 19.1. The van der Waals surface area contributed by atoms with E-state index in [2.05, 4.69) is 0 Å². The second-order valence-electron chi connectivity index (χ2n) is 3.34. The van der Waals surface area contributed by atoms with Gasteiger partial charge in [0.25, 0.3) is 0 Å². The van der Waals surface area contributed by atoms with E-state index in [0.717, 1.165) is 12.1 Å². The number of rotatable bonds is 2. The minimum absolute atomic E-state index is 0.0681. The van der Waals surface area contributed by atoms with Gasteiger partial charge in [0.15, 0.2) is 5.76 Å². The van der Waals surface area contributed by atoms with Crippen LogP contribution in [0.4, 0.5) is 8.78 Å². The van der Waals surface area contributed by atoms with Crippen LogP contribution in [0.15, 0.2) is 34.7 Å². The zero-order valence-electron chi connectivity index (χ0n) is 8.46. The molecule has 4 heteroatoms. The van der Waals surface area contributed by atoms with Crippen molar-refractivity contribution in [2.75, 3.05) is 0 Å². The monoisotopic (exact) mass is 222 g/mol. The minimum Gasteiger partial charge on any atom is -0.458 e. The Morgan fingerprint density at radius 3 is 2.25 bits per heavy atom. The number of aryl methyl sites for hydroxylation is 1. The Bertz CT molecular complexity index is 523. The van der Waals surface area contributed by atoms with Gasteiger partial charge in [0.1, 0.15) is 17.4 Å². The van der Waals surface area contributed by atoms with E-state index in [0.29, 0.717) is 5.76 Å². The molecule has 0 aliphatic heterocycles. The van der Waals surface area contributed by atoms with Crippen molar-refractivity contribution in [2.45, 2.75) is 6.92 Å². The van der Waals surface area contributed by atoms with Crippen molar-refractivity contribution in [3.05, 3.63) is 59.1 Å².